The molecule has 8 nitrogen and oxygen atoms in total. The van der Waals surface area contributed by atoms with Gasteiger partial charge in [-0.15, -0.1) is 0 Å². The summed E-state index contributed by atoms with van der Waals surface area (Å²) < 4.78 is 30.6. The van der Waals surface area contributed by atoms with Crippen LogP contribution in [0.15, 0.2) is 34.0 Å². The van der Waals surface area contributed by atoms with Gasteiger partial charge in [0.05, 0.1) is 22.0 Å². The first-order valence-corrected chi connectivity index (χ1v) is 7.04. The highest BCUT2D eigenvalue weighted by Gasteiger charge is 2.18. The van der Waals surface area contributed by atoms with Crippen LogP contribution in [-0.2, 0) is 16.6 Å². The number of carboxylic acids is 1. The summed E-state index contributed by atoms with van der Waals surface area (Å²) in [6, 6.07) is 3.32. The number of sulfonamides is 1. The van der Waals surface area contributed by atoms with E-state index in [2.05, 4.69) is 19.4 Å². The molecule has 2 rings (SSSR count). The molecule has 0 bridgehead atoms. The molecule has 1 aromatic carbocycles. The third-order valence-corrected chi connectivity index (χ3v) is 4.02. The zero-order valence-electron chi connectivity index (χ0n) is 9.78. The maximum atomic E-state index is 12.0. The minimum Gasteiger partial charge on any atom is -0.478 e. The van der Waals surface area contributed by atoms with Crippen molar-refractivity contribution in [3.05, 3.63) is 41.0 Å². The van der Waals surface area contributed by atoms with E-state index in [1.54, 1.807) is 0 Å². The van der Waals surface area contributed by atoms with Crippen molar-refractivity contribution in [3.8, 4) is 0 Å². The SMILES string of the molecule is O=C(O)c1ccc(S(=O)(=O)NCc2ncon2)cc1Cl. The van der Waals surface area contributed by atoms with E-state index in [0.717, 1.165) is 24.6 Å². The third kappa shape index (κ3) is 3.13. The average molecular weight is 318 g/mol. The molecule has 0 saturated heterocycles. The van der Waals surface area contributed by atoms with Crippen LogP contribution in [0.3, 0.4) is 0 Å². The van der Waals surface area contributed by atoms with Gasteiger partial charge >= 0.3 is 5.97 Å². The molecule has 0 amide bonds. The van der Waals surface area contributed by atoms with Gasteiger partial charge in [-0.2, -0.15) is 4.98 Å². The zero-order chi connectivity index (χ0) is 14.8. The van der Waals surface area contributed by atoms with Gasteiger partial charge in [-0.25, -0.2) is 17.9 Å². The van der Waals surface area contributed by atoms with Crippen LogP contribution in [-0.4, -0.2) is 29.6 Å². The maximum absolute atomic E-state index is 12.0. The Morgan fingerprint density at radius 1 is 1.45 bits per heavy atom. The maximum Gasteiger partial charge on any atom is 0.337 e. The smallest absolute Gasteiger partial charge is 0.337 e. The van der Waals surface area contributed by atoms with E-state index in [1.807, 2.05) is 0 Å². The van der Waals surface area contributed by atoms with E-state index in [0.29, 0.717) is 0 Å². The number of carbonyl (C=O) groups is 1. The Hall–Kier alpha value is -1.97. The van der Waals surface area contributed by atoms with Gasteiger partial charge < -0.3 is 9.63 Å². The highest BCUT2D eigenvalue weighted by molar-refractivity contribution is 7.89. The van der Waals surface area contributed by atoms with Crippen LogP contribution in [0.5, 0.6) is 0 Å². The number of benzene rings is 1. The highest BCUT2D eigenvalue weighted by atomic mass is 35.5. The molecule has 106 valence electrons. The predicted molar refractivity (Wildman–Crippen MR) is 66.7 cm³/mol. The lowest BCUT2D eigenvalue weighted by atomic mass is 10.2. The van der Waals surface area contributed by atoms with Crippen molar-refractivity contribution in [3.63, 3.8) is 0 Å². The number of nitrogens with one attached hydrogen (secondary N) is 1. The monoisotopic (exact) mass is 317 g/mol. The third-order valence-electron chi connectivity index (χ3n) is 2.31. The minimum absolute atomic E-state index is 0.156. The molecule has 0 fully saturated rings. The van der Waals surface area contributed by atoms with Gasteiger partial charge in [-0.1, -0.05) is 16.8 Å². The summed E-state index contributed by atoms with van der Waals surface area (Å²) >= 11 is 5.72. The van der Waals surface area contributed by atoms with Gasteiger partial charge in [-0.3, -0.25) is 0 Å². The first kappa shape index (κ1) is 14.4. The largest absolute Gasteiger partial charge is 0.478 e. The molecule has 1 heterocycles. The Morgan fingerprint density at radius 2 is 2.20 bits per heavy atom. The molecule has 0 saturated carbocycles. The van der Waals surface area contributed by atoms with Crippen molar-refractivity contribution < 1.29 is 22.8 Å². The second kappa shape index (κ2) is 5.57. The standard InChI is InChI=1S/C10H8ClN3O5S/c11-8-3-6(1-2-7(8)10(15)16)20(17,18)13-4-9-12-5-19-14-9/h1-3,5,13H,4H2,(H,15,16). The van der Waals surface area contributed by atoms with Gasteiger partial charge in [-0.05, 0) is 18.2 Å². The van der Waals surface area contributed by atoms with Crippen LogP contribution in [0.1, 0.15) is 16.2 Å². The molecule has 2 aromatic rings. The lowest BCUT2D eigenvalue weighted by molar-refractivity contribution is 0.0697. The van der Waals surface area contributed by atoms with Gasteiger partial charge in [0.2, 0.25) is 16.4 Å². The van der Waals surface area contributed by atoms with Crippen molar-refractivity contribution in [1.82, 2.24) is 14.9 Å². The summed E-state index contributed by atoms with van der Waals surface area (Å²) in [6.07, 6.45) is 1.07. The summed E-state index contributed by atoms with van der Waals surface area (Å²) in [5.74, 6) is -1.07. The molecular formula is C10H8ClN3O5S. The molecule has 2 N–H and O–H groups in total. The molecule has 0 unspecified atom stereocenters. The van der Waals surface area contributed by atoms with Crippen molar-refractivity contribution in [2.24, 2.45) is 0 Å². The molecule has 0 spiro atoms. The van der Waals surface area contributed by atoms with Crippen molar-refractivity contribution in [2.45, 2.75) is 11.4 Å². The number of rotatable bonds is 5. The number of carboxylic acid groups (broad SMARTS) is 1. The van der Waals surface area contributed by atoms with E-state index in [4.69, 9.17) is 16.7 Å². The number of hydrogen-bond acceptors (Lipinski definition) is 6. The highest BCUT2D eigenvalue weighted by Crippen LogP contribution is 2.20. The molecule has 0 aliphatic heterocycles. The molecule has 0 radical (unpaired) electrons. The van der Waals surface area contributed by atoms with E-state index < -0.39 is 16.0 Å². The molecular weight excluding hydrogens is 310 g/mol. The normalized spacial score (nSPS) is 11.4. The molecule has 0 atom stereocenters. The number of aromatic carboxylic acids is 1. The van der Waals surface area contributed by atoms with E-state index in [9.17, 15) is 13.2 Å². The fourth-order valence-electron chi connectivity index (χ4n) is 1.35. The predicted octanol–water partition coefficient (Wildman–Crippen LogP) is 0.900. The number of nitrogens with zero attached hydrogens (tertiary/aromatic N) is 2. The van der Waals surface area contributed by atoms with Gasteiger partial charge in [0.25, 0.3) is 0 Å². The Balaban J connectivity index is 2.21. The summed E-state index contributed by atoms with van der Waals surface area (Å²) in [5, 5.41) is 12.1. The topological polar surface area (TPSA) is 122 Å². The molecule has 10 heteroatoms. The Labute approximate surface area is 118 Å². The van der Waals surface area contributed by atoms with Crippen LogP contribution in [0.2, 0.25) is 5.02 Å². The van der Waals surface area contributed by atoms with Crippen molar-refractivity contribution in [2.75, 3.05) is 0 Å². The number of hydrogen-bond donors (Lipinski definition) is 2. The van der Waals surface area contributed by atoms with Crippen LogP contribution >= 0.6 is 11.6 Å². The summed E-state index contributed by atoms with van der Waals surface area (Å²) in [5.41, 5.74) is -0.177. The van der Waals surface area contributed by atoms with Crippen molar-refractivity contribution >= 4 is 27.6 Å². The molecule has 1 aromatic heterocycles. The van der Waals surface area contributed by atoms with Gasteiger partial charge in [0.15, 0.2) is 5.82 Å². The Morgan fingerprint density at radius 3 is 2.75 bits per heavy atom. The fraction of sp³-hybridized carbons (Fsp3) is 0.100. The second-order valence-corrected chi connectivity index (χ2v) is 5.79. The Kier molecular flexibility index (Phi) is 4.02. The van der Waals surface area contributed by atoms with Crippen molar-refractivity contribution in [1.29, 1.82) is 0 Å². The van der Waals surface area contributed by atoms with Gasteiger partial charge in [0, 0.05) is 0 Å². The van der Waals surface area contributed by atoms with Crippen LogP contribution < -0.4 is 4.72 Å². The van der Waals surface area contributed by atoms with Crippen LogP contribution in [0.4, 0.5) is 0 Å². The van der Waals surface area contributed by atoms with E-state index in [-0.39, 0.29) is 27.9 Å². The summed E-state index contributed by atoms with van der Waals surface area (Å²) in [6.45, 7) is -0.156. The zero-order valence-corrected chi connectivity index (χ0v) is 11.3. The van der Waals surface area contributed by atoms with E-state index >= 15 is 0 Å². The lowest BCUT2D eigenvalue weighted by Gasteiger charge is -2.06. The minimum atomic E-state index is -3.85. The van der Waals surface area contributed by atoms with Gasteiger partial charge in [0.1, 0.15) is 0 Å². The number of aromatic nitrogens is 2. The first-order chi connectivity index (χ1) is 9.40. The molecule has 20 heavy (non-hydrogen) atoms. The van der Waals surface area contributed by atoms with Crippen LogP contribution in [0.25, 0.3) is 0 Å². The molecule has 0 aliphatic rings. The fourth-order valence-corrected chi connectivity index (χ4v) is 2.68. The second-order valence-electron chi connectivity index (χ2n) is 3.62. The van der Waals surface area contributed by atoms with E-state index in [1.165, 1.54) is 0 Å². The number of halogens is 1. The molecule has 0 aliphatic carbocycles. The summed E-state index contributed by atoms with van der Waals surface area (Å²) in [4.78, 5) is 14.3. The average Bonchev–Trinajstić information content (AvgIpc) is 2.89. The Bertz CT molecular complexity index is 729. The van der Waals surface area contributed by atoms with Crippen LogP contribution in [0, 0.1) is 0 Å². The lowest BCUT2D eigenvalue weighted by Crippen LogP contribution is -2.24. The first-order valence-electron chi connectivity index (χ1n) is 5.18. The summed E-state index contributed by atoms with van der Waals surface area (Å²) in [7, 11) is -3.85. The quantitative estimate of drug-likeness (QED) is 0.839.